The van der Waals surface area contributed by atoms with Gasteiger partial charge in [0.25, 0.3) is 0 Å². The van der Waals surface area contributed by atoms with Crippen LogP contribution in [0.3, 0.4) is 0 Å². The monoisotopic (exact) mass is 274 g/mol. The minimum Gasteiger partial charge on any atom is -0.320 e. The highest BCUT2D eigenvalue weighted by Gasteiger charge is 2.24. The van der Waals surface area contributed by atoms with Crippen LogP contribution in [0.25, 0.3) is 0 Å². The third-order valence-corrected chi connectivity index (χ3v) is 4.01. The Balaban J connectivity index is 2.03. The smallest absolute Gasteiger partial charge is 0.138 e. The second-order valence-corrected chi connectivity index (χ2v) is 5.85. The molecule has 0 bridgehead atoms. The van der Waals surface area contributed by atoms with Crippen LogP contribution in [0.2, 0.25) is 0 Å². The van der Waals surface area contributed by atoms with Gasteiger partial charge >= 0.3 is 0 Å². The molecule has 0 amide bonds. The Kier molecular flexibility index (Phi) is 5.17. The fraction of sp³-hybridized carbons (Fsp3) is 0.529. The van der Waals surface area contributed by atoms with Crippen LogP contribution < -0.4 is 5.73 Å². The molecule has 1 saturated heterocycles. The van der Waals surface area contributed by atoms with E-state index in [1.54, 1.807) is 0 Å². The number of halogens is 1. The first kappa shape index (κ1) is 15.0. The molecule has 1 aromatic carbocycles. The van der Waals surface area contributed by atoms with Crippen molar-refractivity contribution >= 4 is 0 Å². The topological polar surface area (TPSA) is 29.3 Å². The number of likely N-dealkylation sites (tertiary alicyclic amines) is 1. The van der Waals surface area contributed by atoms with Crippen molar-refractivity contribution in [1.82, 2.24) is 4.90 Å². The van der Waals surface area contributed by atoms with Crippen LogP contribution in [0.5, 0.6) is 0 Å². The molecule has 1 aromatic rings. The fourth-order valence-corrected chi connectivity index (χ4v) is 2.72. The summed E-state index contributed by atoms with van der Waals surface area (Å²) in [4.78, 5) is 2.44. The second kappa shape index (κ2) is 6.88. The van der Waals surface area contributed by atoms with Crippen molar-refractivity contribution in [2.24, 2.45) is 17.6 Å². The summed E-state index contributed by atoms with van der Waals surface area (Å²) in [6.07, 6.45) is 1.26. The Morgan fingerprint density at radius 2 is 2.25 bits per heavy atom. The summed E-state index contributed by atoms with van der Waals surface area (Å²) in [6.45, 7) is 7.97. The van der Waals surface area contributed by atoms with Crippen molar-refractivity contribution in [1.29, 1.82) is 0 Å². The largest absolute Gasteiger partial charge is 0.320 e. The van der Waals surface area contributed by atoms with E-state index in [1.807, 2.05) is 12.1 Å². The van der Waals surface area contributed by atoms with E-state index in [-0.39, 0.29) is 12.4 Å². The molecule has 108 valence electrons. The van der Waals surface area contributed by atoms with E-state index < -0.39 is 0 Å². The second-order valence-electron chi connectivity index (χ2n) is 5.85. The number of rotatable bonds is 3. The van der Waals surface area contributed by atoms with E-state index in [9.17, 15) is 4.39 Å². The first-order valence-electron chi connectivity index (χ1n) is 7.30. The zero-order valence-electron chi connectivity index (χ0n) is 12.3. The van der Waals surface area contributed by atoms with Gasteiger partial charge < -0.3 is 5.73 Å². The first-order chi connectivity index (χ1) is 9.60. The third-order valence-electron chi connectivity index (χ3n) is 4.01. The Bertz CT molecular complexity index is 513. The summed E-state index contributed by atoms with van der Waals surface area (Å²) in [7, 11) is 0. The molecule has 1 atom stereocenters. The van der Waals surface area contributed by atoms with Gasteiger partial charge in [-0.05, 0) is 42.5 Å². The number of nitrogens with zero attached hydrogens (tertiary/aromatic N) is 1. The van der Waals surface area contributed by atoms with Crippen LogP contribution in [0.4, 0.5) is 4.39 Å². The Hall–Kier alpha value is -1.37. The maximum atomic E-state index is 13.6. The lowest BCUT2D eigenvalue weighted by molar-refractivity contribution is 0.296. The van der Waals surface area contributed by atoms with Gasteiger partial charge in [0.1, 0.15) is 5.82 Å². The van der Waals surface area contributed by atoms with E-state index in [0.29, 0.717) is 5.56 Å². The fourth-order valence-electron chi connectivity index (χ4n) is 2.72. The molecule has 0 aromatic heterocycles. The van der Waals surface area contributed by atoms with Gasteiger partial charge in [0, 0.05) is 13.1 Å². The molecule has 1 aliphatic rings. The van der Waals surface area contributed by atoms with Crippen LogP contribution in [0.1, 0.15) is 31.4 Å². The molecular weight excluding hydrogens is 251 g/mol. The molecule has 1 heterocycles. The molecule has 0 saturated carbocycles. The molecule has 2 nitrogen and oxygen atoms in total. The van der Waals surface area contributed by atoms with Crippen molar-refractivity contribution in [2.75, 3.05) is 19.6 Å². The van der Waals surface area contributed by atoms with Crippen LogP contribution in [-0.4, -0.2) is 24.5 Å². The maximum absolute atomic E-state index is 13.6. The lowest BCUT2D eigenvalue weighted by atomic mass is 9.95. The maximum Gasteiger partial charge on any atom is 0.138 e. The summed E-state index contributed by atoms with van der Waals surface area (Å²) < 4.78 is 13.6. The third kappa shape index (κ3) is 3.82. The van der Waals surface area contributed by atoms with E-state index in [1.165, 1.54) is 12.5 Å². The molecule has 0 aliphatic carbocycles. The lowest BCUT2D eigenvalue weighted by Gasteiger charge is -2.18. The lowest BCUT2D eigenvalue weighted by Crippen LogP contribution is -2.21. The molecule has 1 fully saturated rings. The molecular formula is C17H23FN2. The summed E-state index contributed by atoms with van der Waals surface area (Å²) in [5.41, 5.74) is 6.91. The molecule has 3 heteroatoms. The molecule has 2 rings (SSSR count). The molecule has 0 spiro atoms. The van der Waals surface area contributed by atoms with Gasteiger partial charge in [-0.2, -0.15) is 0 Å². The Labute approximate surface area is 121 Å². The van der Waals surface area contributed by atoms with Crippen LogP contribution in [0.15, 0.2) is 18.2 Å². The van der Waals surface area contributed by atoms with Crippen molar-refractivity contribution in [3.63, 3.8) is 0 Å². The van der Waals surface area contributed by atoms with Crippen LogP contribution in [0, 0.1) is 29.5 Å². The average molecular weight is 274 g/mol. The van der Waals surface area contributed by atoms with Gasteiger partial charge in [0.15, 0.2) is 0 Å². The zero-order valence-corrected chi connectivity index (χ0v) is 12.3. The van der Waals surface area contributed by atoms with Crippen LogP contribution >= 0.6 is 0 Å². The van der Waals surface area contributed by atoms with Crippen molar-refractivity contribution in [3.05, 3.63) is 35.1 Å². The summed E-state index contributed by atoms with van der Waals surface area (Å²) in [5.74, 6) is 6.76. The van der Waals surface area contributed by atoms with E-state index >= 15 is 0 Å². The minimum absolute atomic E-state index is 0.256. The van der Waals surface area contributed by atoms with Gasteiger partial charge in [0.2, 0.25) is 0 Å². The Morgan fingerprint density at radius 1 is 1.45 bits per heavy atom. The van der Waals surface area contributed by atoms with Crippen molar-refractivity contribution in [3.8, 4) is 11.8 Å². The van der Waals surface area contributed by atoms with Gasteiger partial charge in [-0.15, -0.1) is 0 Å². The highest BCUT2D eigenvalue weighted by Crippen LogP contribution is 2.25. The predicted molar refractivity (Wildman–Crippen MR) is 80.6 cm³/mol. The minimum atomic E-state index is -0.267. The quantitative estimate of drug-likeness (QED) is 0.859. The highest BCUT2D eigenvalue weighted by molar-refractivity contribution is 5.38. The molecule has 20 heavy (non-hydrogen) atoms. The number of hydrogen-bond donors (Lipinski definition) is 1. The van der Waals surface area contributed by atoms with E-state index in [0.717, 1.165) is 37.0 Å². The van der Waals surface area contributed by atoms with Gasteiger partial charge in [-0.1, -0.05) is 31.8 Å². The predicted octanol–water partition coefficient (Wildman–Crippen LogP) is 2.61. The van der Waals surface area contributed by atoms with Crippen molar-refractivity contribution in [2.45, 2.75) is 26.8 Å². The average Bonchev–Trinajstić information content (AvgIpc) is 2.88. The summed E-state index contributed by atoms with van der Waals surface area (Å²) in [6, 6.07) is 5.21. The molecule has 1 unspecified atom stereocenters. The molecule has 0 radical (unpaired) electrons. The van der Waals surface area contributed by atoms with Crippen LogP contribution in [-0.2, 0) is 6.54 Å². The van der Waals surface area contributed by atoms with Crippen molar-refractivity contribution < 1.29 is 4.39 Å². The Morgan fingerprint density at radius 3 is 2.90 bits per heavy atom. The zero-order chi connectivity index (χ0) is 14.5. The first-order valence-corrected chi connectivity index (χ1v) is 7.30. The van der Waals surface area contributed by atoms with E-state index in [4.69, 9.17) is 5.73 Å². The van der Waals surface area contributed by atoms with Gasteiger partial charge in [0.05, 0.1) is 12.1 Å². The molecule has 2 N–H and O–H groups in total. The standard InChI is InChI=1S/C17H23FN2/c1-13(2)16-7-9-20(12-16)11-14-5-6-17(18)15(10-14)4-3-8-19/h5-6,10,13,16H,7-9,11-12,19H2,1-2H3. The van der Waals surface area contributed by atoms with Gasteiger partial charge in [-0.25, -0.2) is 4.39 Å². The number of hydrogen-bond acceptors (Lipinski definition) is 2. The summed E-state index contributed by atoms with van der Waals surface area (Å²) in [5, 5.41) is 0. The van der Waals surface area contributed by atoms with Gasteiger partial charge in [-0.3, -0.25) is 4.90 Å². The number of nitrogens with two attached hydrogens (primary N) is 1. The normalized spacial score (nSPS) is 19.1. The molecule has 1 aliphatic heterocycles. The highest BCUT2D eigenvalue weighted by atomic mass is 19.1. The van der Waals surface area contributed by atoms with E-state index in [2.05, 4.69) is 30.6 Å². The summed E-state index contributed by atoms with van der Waals surface area (Å²) >= 11 is 0. The SMILES string of the molecule is CC(C)C1CCN(Cc2ccc(F)c(C#CCN)c2)C1. The number of benzene rings is 1.